The third kappa shape index (κ3) is 5.38. The summed E-state index contributed by atoms with van der Waals surface area (Å²) in [5.74, 6) is 0.821. The molecule has 1 saturated heterocycles. The maximum atomic E-state index is 12.0. The predicted molar refractivity (Wildman–Crippen MR) is 111 cm³/mol. The first kappa shape index (κ1) is 21.3. The normalized spacial score (nSPS) is 26.9. The minimum absolute atomic E-state index is 0.0685. The molecule has 2 heterocycles. The second-order valence-corrected chi connectivity index (χ2v) is 10.5. The van der Waals surface area contributed by atoms with Gasteiger partial charge >= 0.3 is 6.09 Å². The van der Waals surface area contributed by atoms with Gasteiger partial charge in [0.1, 0.15) is 6.10 Å². The highest BCUT2D eigenvalue weighted by molar-refractivity contribution is 7.86. The SMILES string of the molecule is CC1(NC(=O)OC2CCC(c3cnc(NC4CCN(S(N)(=O)=O)CC4)nc3)C2)CC1. The van der Waals surface area contributed by atoms with Gasteiger partial charge in [-0.25, -0.2) is 19.9 Å². The number of nitrogens with zero attached hydrogens (tertiary/aromatic N) is 3. The maximum Gasteiger partial charge on any atom is 0.407 e. The fourth-order valence-electron chi connectivity index (χ4n) is 4.15. The lowest BCUT2D eigenvalue weighted by Gasteiger charge is -2.30. The molecule has 4 rings (SSSR count). The smallest absolute Gasteiger partial charge is 0.407 e. The largest absolute Gasteiger partial charge is 0.446 e. The number of carbonyl (C=O) groups excluding carboxylic acids is 1. The number of ether oxygens (including phenoxy) is 1. The summed E-state index contributed by atoms with van der Waals surface area (Å²) in [6.45, 7) is 2.82. The van der Waals surface area contributed by atoms with Crippen LogP contribution in [0.15, 0.2) is 12.4 Å². The number of hydrogen-bond acceptors (Lipinski definition) is 7. The molecule has 1 aromatic heterocycles. The standard InChI is InChI=1S/C19H30N6O4S/c1-19(6-7-19)24-18(26)29-16-3-2-13(10-16)14-11-21-17(22-12-14)23-15-4-8-25(9-5-15)30(20,27)28/h11-13,15-16H,2-10H2,1H3,(H,24,26)(H2,20,27,28)(H,21,22,23). The second kappa shape index (κ2) is 8.27. The minimum atomic E-state index is -3.62. The number of rotatable bonds is 6. The number of carbonyl (C=O) groups is 1. The third-order valence-corrected chi connectivity index (χ3v) is 7.44. The number of aromatic nitrogens is 2. The maximum absolute atomic E-state index is 12.0. The van der Waals surface area contributed by atoms with Gasteiger partial charge in [0, 0.05) is 37.1 Å². The summed E-state index contributed by atoms with van der Waals surface area (Å²) in [5, 5.41) is 11.4. The summed E-state index contributed by atoms with van der Waals surface area (Å²) in [4.78, 5) is 20.9. The molecular weight excluding hydrogens is 408 g/mol. The first-order valence-electron chi connectivity index (χ1n) is 10.6. The lowest BCUT2D eigenvalue weighted by molar-refractivity contribution is 0.0967. The zero-order valence-corrected chi connectivity index (χ0v) is 18.0. The third-order valence-electron chi connectivity index (χ3n) is 6.35. The molecule has 10 nitrogen and oxygen atoms in total. The van der Waals surface area contributed by atoms with Crippen LogP contribution >= 0.6 is 0 Å². The lowest BCUT2D eigenvalue weighted by atomic mass is 10.0. The predicted octanol–water partition coefficient (Wildman–Crippen LogP) is 1.47. The van der Waals surface area contributed by atoms with Gasteiger partial charge in [0.05, 0.1) is 0 Å². The molecule has 3 aliphatic rings. The average Bonchev–Trinajstić information content (AvgIpc) is 3.22. The van der Waals surface area contributed by atoms with Crippen LogP contribution in [0.2, 0.25) is 0 Å². The Morgan fingerprint density at radius 1 is 1.20 bits per heavy atom. The van der Waals surface area contributed by atoms with E-state index in [1.807, 2.05) is 19.3 Å². The van der Waals surface area contributed by atoms with Gasteiger partial charge in [-0.2, -0.15) is 12.7 Å². The van der Waals surface area contributed by atoms with Crippen LogP contribution in [-0.2, 0) is 14.9 Å². The van der Waals surface area contributed by atoms with Crippen molar-refractivity contribution in [3.05, 3.63) is 18.0 Å². The van der Waals surface area contributed by atoms with E-state index < -0.39 is 10.2 Å². The van der Waals surface area contributed by atoms with Crippen LogP contribution in [0.3, 0.4) is 0 Å². The molecule has 4 N–H and O–H groups in total. The molecule has 30 heavy (non-hydrogen) atoms. The average molecular weight is 439 g/mol. The van der Waals surface area contributed by atoms with Crippen LogP contribution in [0.1, 0.15) is 63.4 Å². The van der Waals surface area contributed by atoms with Gasteiger partial charge in [0.15, 0.2) is 0 Å². The molecule has 2 saturated carbocycles. The van der Waals surface area contributed by atoms with E-state index in [4.69, 9.17) is 9.88 Å². The van der Waals surface area contributed by atoms with E-state index >= 15 is 0 Å². The first-order valence-corrected chi connectivity index (χ1v) is 12.1. The summed E-state index contributed by atoms with van der Waals surface area (Å²) in [7, 11) is -3.62. The summed E-state index contributed by atoms with van der Waals surface area (Å²) in [6, 6.07) is 0.116. The zero-order valence-electron chi connectivity index (χ0n) is 17.2. The Morgan fingerprint density at radius 2 is 1.87 bits per heavy atom. The van der Waals surface area contributed by atoms with Crippen molar-refractivity contribution < 1.29 is 17.9 Å². The number of hydrogen-bond donors (Lipinski definition) is 3. The summed E-state index contributed by atoms with van der Waals surface area (Å²) >= 11 is 0. The Kier molecular flexibility index (Phi) is 5.86. The summed E-state index contributed by atoms with van der Waals surface area (Å²) < 4.78 is 29.6. The van der Waals surface area contributed by atoms with Gasteiger partial charge in [-0.3, -0.25) is 0 Å². The van der Waals surface area contributed by atoms with E-state index in [0.29, 0.717) is 31.9 Å². The number of anilines is 1. The van der Waals surface area contributed by atoms with E-state index in [1.165, 1.54) is 4.31 Å². The van der Waals surface area contributed by atoms with Crippen molar-refractivity contribution in [3.8, 4) is 0 Å². The fraction of sp³-hybridized carbons (Fsp3) is 0.737. The Balaban J connectivity index is 1.23. The van der Waals surface area contributed by atoms with Crippen LogP contribution in [0, 0.1) is 0 Å². The lowest BCUT2D eigenvalue weighted by Crippen LogP contribution is -2.45. The van der Waals surface area contributed by atoms with Crippen molar-refractivity contribution in [1.29, 1.82) is 0 Å². The van der Waals surface area contributed by atoms with Crippen LogP contribution < -0.4 is 15.8 Å². The number of amides is 1. The molecule has 0 radical (unpaired) electrons. The molecule has 1 amide bonds. The van der Waals surface area contributed by atoms with Crippen molar-refractivity contribution in [2.45, 2.75) is 75.5 Å². The van der Waals surface area contributed by atoms with Crippen molar-refractivity contribution >= 4 is 22.3 Å². The topological polar surface area (TPSA) is 140 Å². The quantitative estimate of drug-likeness (QED) is 0.611. The van der Waals surface area contributed by atoms with Gasteiger partial charge in [-0.1, -0.05) is 0 Å². The van der Waals surface area contributed by atoms with E-state index in [-0.39, 0.29) is 29.7 Å². The van der Waals surface area contributed by atoms with Crippen molar-refractivity contribution in [3.63, 3.8) is 0 Å². The van der Waals surface area contributed by atoms with Crippen molar-refractivity contribution in [2.24, 2.45) is 5.14 Å². The summed E-state index contributed by atoms with van der Waals surface area (Å²) in [5.41, 5.74) is 0.978. The highest BCUT2D eigenvalue weighted by Gasteiger charge is 2.40. The van der Waals surface area contributed by atoms with Gasteiger partial charge in [-0.05, 0) is 63.4 Å². The molecule has 2 aliphatic carbocycles. The molecule has 0 spiro atoms. The molecule has 3 fully saturated rings. The van der Waals surface area contributed by atoms with Crippen LogP contribution in [-0.4, -0.2) is 59.6 Å². The number of alkyl carbamates (subject to hydrolysis) is 1. The number of piperidine rings is 1. The molecule has 11 heteroatoms. The first-order chi connectivity index (χ1) is 14.2. The number of nitrogens with two attached hydrogens (primary N) is 1. The van der Waals surface area contributed by atoms with E-state index in [1.54, 1.807) is 0 Å². The Morgan fingerprint density at radius 3 is 2.47 bits per heavy atom. The molecule has 2 atom stereocenters. The van der Waals surface area contributed by atoms with Crippen molar-refractivity contribution in [1.82, 2.24) is 19.6 Å². The monoisotopic (exact) mass is 438 g/mol. The van der Waals surface area contributed by atoms with E-state index in [2.05, 4.69) is 20.6 Å². The molecular formula is C19H30N6O4S. The number of nitrogens with one attached hydrogen (secondary N) is 2. The fourth-order valence-corrected chi connectivity index (χ4v) is 4.87. The Hall–Kier alpha value is -1.98. The molecule has 1 aromatic rings. The van der Waals surface area contributed by atoms with Crippen LogP contribution in [0.25, 0.3) is 0 Å². The van der Waals surface area contributed by atoms with Gasteiger partial charge in [0.25, 0.3) is 10.2 Å². The second-order valence-electron chi connectivity index (χ2n) is 8.93. The van der Waals surface area contributed by atoms with E-state index in [0.717, 1.165) is 37.7 Å². The molecule has 0 aromatic carbocycles. The minimum Gasteiger partial charge on any atom is -0.446 e. The Bertz CT molecular complexity index is 866. The van der Waals surface area contributed by atoms with Gasteiger partial charge in [-0.15, -0.1) is 0 Å². The zero-order chi connectivity index (χ0) is 21.4. The van der Waals surface area contributed by atoms with Gasteiger partial charge < -0.3 is 15.4 Å². The Labute approximate surface area is 177 Å². The molecule has 166 valence electrons. The highest BCUT2D eigenvalue weighted by Crippen LogP contribution is 2.37. The molecule has 1 aliphatic heterocycles. The molecule has 2 unspecified atom stereocenters. The molecule has 0 bridgehead atoms. The summed E-state index contributed by atoms with van der Waals surface area (Å²) in [6.07, 6.45) is 9.18. The highest BCUT2D eigenvalue weighted by atomic mass is 32.2. The van der Waals surface area contributed by atoms with Crippen molar-refractivity contribution in [2.75, 3.05) is 18.4 Å². The van der Waals surface area contributed by atoms with Gasteiger partial charge in [0.2, 0.25) is 5.95 Å². The van der Waals surface area contributed by atoms with E-state index in [9.17, 15) is 13.2 Å². The van der Waals surface area contributed by atoms with Crippen LogP contribution in [0.4, 0.5) is 10.7 Å². The van der Waals surface area contributed by atoms with Crippen LogP contribution in [0.5, 0.6) is 0 Å².